The molecule has 0 radical (unpaired) electrons. The zero-order chi connectivity index (χ0) is 22.5. The van der Waals surface area contributed by atoms with Gasteiger partial charge in [0.2, 0.25) is 5.91 Å². The minimum absolute atomic E-state index is 0.0509. The molecule has 1 atom stereocenters. The molecule has 1 aromatic carbocycles. The highest BCUT2D eigenvalue weighted by Gasteiger charge is 2.26. The van der Waals surface area contributed by atoms with E-state index in [1.807, 2.05) is 28.0 Å². The Kier molecular flexibility index (Phi) is 7.29. The maximum absolute atomic E-state index is 14.0. The lowest BCUT2D eigenvalue weighted by molar-refractivity contribution is -0.131. The normalized spacial score (nSPS) is 19.9. The highest BCUT2D eigenvalue weighted by molar-refractivity contribution is 5.76. The fraction of sp³-hybridized carbons (Fsp3) is 0.500. The smallest absolute Gasteiger partial charge is 0.222 e. The van der Waals surface area contributed by atoms with Crippen molar-refractivity contribution in [2.75, 3.05) is 44.2 Å². The number of nitrogens with zero attached hydrogens (tertiary/aromatic N) is 4. The van der Waals surface area contributed by atoms with Gasteiger partial charge in [0.1, 0.15) is 11.6 Å². The van der Waals surface area contributed by atoms with E-state index >= 15 is 0 Å². The van der Waals surface area contributed by atoms with E-state index in [2.05, 4.69) is 9.88 Å². The van der Waals surface area contributed by atoms with Crippen molar-refractivity contribution >= 4 is 11.7 Å². The highest BCUT2D eigenvalue weighted by atomic mass is 19.2. The minimum atomic E-state index is -1.10. The molecule has 2 aliphatic rings. The molecule has 172 valence electrons. The third-order valence-electron chi connectivity index (χ3n) is 6.50. The first kappa shape index (κ1) is 22.6. The quantitative estimate of drug-likeness (QED) is 0.633. The molecule has 0 bridgehead atoms. The molecule has 0 spiro atoms. The topological polar surface area (TPSA) is 39.7 Å². The Bertz CT molecular complexity index is 919. The second-order valence-electron chi connectivity index (χ2n) is 8.66. The number of likely N-dealkylation sites (tertiary alicyclic amines) is 1. The van der Waals surface area contributed by atoms with Gasteiger partial charge < -0.3 is 9.80 Å². The number of pyridine rings is 1. The molecule has 4 rings (SSSR count). The number of anilines is 1. The van der Waals surface area contributed by atoms with Gasteiger partial charge in [0.25, 0.3) is 0 Å². The SMILES string of the molecule is O=C(CCC1CCCN(Cc2c(F)ccc(F)c2F)C1)N1CCN(c2ccccn2)CC1. The lowest BCUT2D eigenvalue weighted by Gasteiger charge is -2.36. The molecule has 3 heterocycles. The van der Waals surface area contributed by atoms with Gasteiger partial charge in [-0.2, -0.15) is 0 Å². The highest BCUT2D eigenvalue weighted by Crippen LogP contribution is 2.25. The molecule has 2 saturated heterocycles. The van der Waals surface area contributed by atoms with Crippen molar-refractivity contribution in [2.45, 2.75) is 32.2 Å². The average Bonchev–Trinajstić information content (AvgIpc) is 2.84. The number of hydrogen-bond donors (Lipinski definition) is 0. The number of amides is 1. The first-order valence-electron chi connectivity index (χ1n) is 11.3. The van der Waals surface area contributed by atoms with Gasteiger partial charge in [-0.25, -0.2) is 18.2 Å². The average molecular weight is 447 g/mol. The summed E-state index contributed by atoms with van der Waals surface area (Å²) in [6, 6.07) is 7.62. The molecule has 2 aliphatic heterocycles. The summed E-state index contributed by atoms with van der Waals surface area (Å²) in [4.78, 5) is 23.2. The summed E-state index contributed by atoms with van der Waals surface area (Å²) >= 11 is 0. The number of rotatable bonds is 6. The molecule has 1 amide bonds. The number of halogens is 3. The van der Waals surface area contributed by atoms with Crippen LogP contribution >= 0.6 is 0 Å². The predicted molar refractivity (Wildman–Crippen MR) is 117 cm³/mol. The van der Waals surface area contributed by atoms with Gasteiger partial charge in [-0.3, -0.25) is 9.69 Å². The molecule has 2 aromatic rings. The summed E-state index contributed by atoms with van der Waals surface area (Å²) in [6.07, 6.45) is 4.90. The standard InChI is InChI=1S/C24H29F3N4O/c25-20-7-8-21(26)24(27)19(20)17-29-11-3-4-18(16-29)6-9-23(32)31-14-12-30(13-15-31)22-5-1-2-10-28-22/h1-2,5,7-8,10,18H,3-4,6,9,11-17H2. The van der Waals surface area contributed by atoms with Crippen LogP contribution in [0.3, 0.4) is 0 Å². The van der Waals surface area contributed by atoms with E-state index in [-0.39, 0.29) is 18.0 Å². The van der Waals surface area contributed by atoms with Crippen LogP contribution in [0, 0.1) is 23.4 Å². The Morgan fingerprint density at radius 3 is 2.53 bits per heavy atom. The molecule has 0 saturated carbocycles. The third kappa shape index (κ3) is 5.41. The number of carbonyl (C=O) groups is 1. The summed E-state index contributed by atoms with van der Waals surface area (Å²) < 4.78 is 41.5. The van der Waals surface area contributed by atoms with Crippen LogP contribution in [0.25, 0.3) is 0 Å². The van der Waals surface area contributed by atoms with E-state index < -0.39 is 17.5 Å². The maximum Gasteiger partial charge on any atom is 0.222 e. The van der Waals surface area contributed by atoms with Crippen molar-refractivity contribution in [2.24, 2.45) is 5.92 Å². The van der Waals surface area contributed by atoms with Crippen LogP contribution in [0.15, 0.2) is 36.5 Å². The summed E-state index contributed by atoms with van der Waals surface area (Å²) in [5.74, 6) is -1.46. The number of aromatic nitrogens is 1. The number of benzene rings is 1. The number of piperazine rings is 1. The molecule has 1 unspecified atom stereocenters. The van der Waals surface area contributed by atoms with Crippen LogP contribution in [0.2, 0.25) is 0 Å². The van der Waals surface area contributed by atoms with Gasteiger partial charge in [0, 0.05) is 57.4 Å². The van der Waals surface area contributed by atoms with Crippen molar-refractivity contribution in [1.29, 1.82) is 0 Å². The number of hydrogen-bond acceptors (Lipinski definition) is 4. The van der Waals surface area contributed by atoms with Crippen LogP contribution in [0.5, 0.6) is 0 Å². The van der Waals surface area contributed by atoms with Crippen molar-refractivity contribution in [3.05, 3.63) is 59.5 Å². The molecule has 8 heteroatoms. The van der Waals surface area contributed by atoms with Gasteiger partial charge in [-0.15, -0.1) is 0 Å². The fourth-order valence-corrected chi connectivity index (χ4v) is 4.68. The Morgan fingerprint density at radius 2 is 1.78 bits per heavy atom. The Labute approximate surface area is 186 Å². The van der Waals surface area contributed by atoms with Gasteiger partial charge in [0.15, 0.2) is 11.6 Å². The molecular formula is C24H29F3N4O. The summed E-state index contributed by atoms with van der Waals surface area (Å²) in [5, 5.41) is 0. The zero-order valence-electron chi connectivity index (χ0n) is 18.2. The minimum Gasteiger partial charge on any atom is -0.353 e. The van der Waals surface area contributed by atoms with Gasteiger partial charge in [-0.1, -0.05) is 6.07 Å². The van der Waals surface area contributed by atoms with Gasteiger partial charge in [-0.05, 0) is 56.0 Å². The molecule has 0 aliphatic carbocycles. The van der Waals surface area contributed by atoms with E-state index in [1.54, 1.807) is 6.20 Å². The van der Waals surface area contributed by atoms with Crippen LogP contribution < -0.4 is 4.90 Å². The monoisotopic (exact) mass is 446 g/mol. The van der Waals surface area contributed by atoms with Crippen LogP contribution in [0.4, 0.5) is 19.0 Å². The fourth-order valence-electron chi connectivity index (χ4n) is 4.68. The van der Waals surface area contributed by atoms with E-state index in [0.29, 0.717) is 32.0 Å². The lowest BCUT2D eigenvalue weighted by Crippen LogP contribution is -2.49. The molecule has 32 heavy (non-hydrogen) atoms. The van der Waals surface area contributed by atoms with Crippen molar-refractivity contribution in [1.82, 2.24) is 14.8 Å². The largest absolute Gasteiger partial charge is 0.353 e. The number of piperidine rings is 1. The first-order chi connectivity index (χ1) is 15.5. The summed E-state index contributed by atoms with van der Waals surface area (Å²) in [5.41, 5.74) is -0.215. The van der Waals surface area contributed by atoms with Gasteiger partial charge in [0.05, 0.1) is 0 Å². The molecule has 5 nitrogen and oxygen atoms in total. The third-order valence-corrected chi connectivity index (χ3v) is 6.50. The maximum atomic E-state index is 14.0. The van der Waals surface area contributed by atoms with Crippen LogP contribution in [-0.4, -0.2) is 60.0 Å². The first-order valence-corrected chi connectivity index (χ1v) is 11.3. The zero-order valence-corrected chi connectivity index (χ0v) is 18.2. The van der Waals surface area contributed by atoms with Crippen molar-refractivity contribution in [3.63, 3.8) is 0 Å². The van der Waals surface area contributed by atoms with Crippen molar-refractivity contribution < 1.29 is 18.0 Å². The Morgan fingerprint density at radius 1 is 1.00 bits per heavy atom. The number of carbonyl (C=O) groups excluding carboxylic acids is 1. The molecular weight excluding hydrogens is 417 g/mol. The lowest BCUT2D eigenvalue weighted by atomic mass is 9.92. The van der Waals surface area contributed by atoms with Crippen LogP contribution in [0.1, 0.15) is 31.2 Å². The summed E-state index contributed by atoms with van der Waals surface area (Å²) in [6.45, 7) is 4.34. The Hall–Kier alpha value is -2.61. The molecule has 0 N–H and O–H groups in total. The molecule has 2 fully saturated rings. The van der Waals surface area contributed by atoms with E-state index in [1.165, 1.54) is 0 Å². The van der Waals surface area contributed by atoms with Crippen LogP contribution in [-0.2, 0) is 11.3 Å². The van der Waals surface area contributed by atoms with E-state index in [4.69, 9.17) is 0 Å². The second-order valence-corrected chi connectivity index (χ2v) is 8.66. The van der Waals surface area contributed by atoms with Gasteiger partial charge >= 0.3 is 0 Å². The molecule has 1 aromatic heterocycles. The van der Waals surface area contributed by atoms with E-state index in [0.717, 1.165) is 56.8 Å². The van der Waals surface area contributed by atoms with E-state index in [9.17, 15) is 18.0 Å². The Balaban J connectivity index is 1.24. The predicted octanol–water partition coefficient (Wildman–Crippen LogP) is 3.84. The van der Waals surface area contributed by atoms with Crippen molar-refractivity contribution in [3.8, 4) is 0 Å². The second kappa shape index (κ2) is 10.3. The summed E-state index contributed by atoms with van der Waals surface area (Å²) in [7, 11) is 0.